The summed E-state index contributed by atoms with van der Waals surface area (Å²) in [5, 5.41) is 2.76. The third-order valence-corrected chi connectivity index (χ3v) is 5.05. The molecule has 2 amide bonds. The van der Waals surface area contributed by atoms with Gasteiger partial charge in [0.2, 0.25) is 5.91 Å². The van der Waals surface area contributed by atoms with Crippen molar-refractivity contribution in [2.24, 2.45) is 4.99 Å². The van der Waals surface area contributed by atoms with Crippen molar-refractivity contribution >= 4 is 29.9 Å². The molecule has 0 fully saturated rings. The maximum absolute atomic E-state index is 14.7. The molecule has 0 radical (unpaired) electrons. The quantitative estimate of drug-likeness (QED) is 0.777. The average Bonchev–Trinajstić information content (AvgIpc) is 2.68. The van der Waals surface area contributed by atoms with E-state index in [2.05, 4.69) is 17.0 Å². The van der Waals surface area contributed by atoms with Crippen molar-refractivity contribution in [2.45, 2.75) is 25.9 Å². The van der Waals surface area contributed by atoms with Gasteiger partial charge in [0.15, 0.2) is 12.4 Å². The molecule has 2 aliphatic rings. The summed E-state index contributed by atoms with van der Waals surface area (Å²) in [5.74, 6) is -1.62. The Morgan fingerprint density at radius 2 is 2.10 bits per heavy atom. The highest BCUT2D eigenvalue weighted by Crippen LogP contribution is 2.40. The lowest BCUT2D eigenvalue weighted by Crippen LogP contribution is -2.44. The van der Waals surface area contributed by atoms with Crippen molar-refractivity contribution in [1.82, 2.24) is 0 Å². The van der Waals surface area contributed by atoms with Gasteiger partial charge in [-0.05, 0) is 30.8 Å². The number of benzene rings is 2. The number of ether oxygens (including phenoxy) is 2. The molecule has 0 saturated heterocycles. The predicted molar refractivity (Wildman–Crippen MR) is 106 cm³/mol. The molecule has 1 atom stereocenters. The summed E-state index contributed by atoms with van der Waals surface area (Å²) in [6, 6.07) is 4.95. The second kappa shape index (κ2) is 7.74. The second-order valence-electron chi connectivity index (χ2n) is 7.21. The summed E-state index contributed by atoms with van der Waals surface area (Å²) in [6.07, 6.45) is -0.0382. The van der Waals surface area contributed by atoms with Crippen LogP contribution in [-0.4, -0.2) is 37.8 Å². The Morgan fingerprint density at radius 3 is 2.87 bits per heavy atom. The minimum absolute atomic E-state index is 0.0382. The van der Waals surface area contributed by atoms with Gasteiger partial charge in [-0.25, -0.2) is 13.8 Å². The van der Waals surface area contributed by atoms with Gasteiger partial charge >= 0.3 is 0 Å². The van der Waals surface area contributed by atoms with Gasteiger partial charge in [0.25, 0.3) is 5.91 Å². The van der Waals surface area contributed by atoms with Crippen LogP contribution in [0.2, 0.25) is 0 Å². The van der Waals surface area contributed by atoms with Crippen LogP contribution < -0.4 is 19.7 Å². The zero-order valence-electron chi connectivity index (χ0n) is 16.2. The van der Waals surface area contributed by atoms with Crippen molar-refractivity contribution < 1.29 is 27.8 Å². The van der Waals surface area contributed by atoms with E-state index < -0.39 is 23.6 Å². The summed E-state index contributed by atoms with van der Waals surface area (Å²) in [6.45, 7) is 5.27. The van der Waals surface area contributed by atoms with Crippen LogP contribution in [0.5, 0.6) is 11.5 Å². The number of nitrogens with one attached hydrogen (secondary N) is 1. The van der Waals surface area contributed by atoms with Gasteiger partial charge in [0, 0.05) is 18.7 Å². The summed E-state index contributed by atoms with van der Waals surface area (Å²) in [7, 11) is 0. The van der Waals surface area contributed by atoms with Crippen LogP contribution in [0.4, 0.5) is 20.2 Å². The molecule has 1 N–H and O–H groups in total. The number of carbonyl (C=O) groups is 2. The number of anilines is 2. The lowest BCUT2D eigenvalue weighted by atomic mass is 10.0. The van der Waals surface area contributed by atoms with E-state index in [1.807, 2.05) is 13.0 Å². The van der Waals surface area contributed by atoms with E-state index in [4.69, 9.17) is 9.47 Å². The number of halogens is 2. The number of hydrogen-bond acceptors (Lipinski definition) is 5. The van der Waals surface area contributed by atoms with Gasteiger partial charge in [0.05, 0.1) is 18.2 Å². The first-order valence-corrected chi connectivity index (χ1v) is 9.30. The zero-order chi connectivity index (χ0) is 21.4. The third-order valence-electron chi connectivity index (χ3n) is 5.05. The van der Waals surface area contributed by atoms with E-state index in [1.54, 1.807) is 11.0 Å². The average molecular weight is 415 g/mol. The first kappa shape index (κ1) is 19.8. The molecule has 0 aromatic heterocycles. The molecule has 0 bridgehead atoms. The number of carbonyl (C=O) groups excluding carboxylic acids is 2. The largest absolute Gasteiger partial charge is 0.489 e. The maximum Gasteiger partial charge on any atom is 0.262 e. The topological polar surface area (TPSA) is 80.2 Å². The highest BCUT2D eigenvalue weighted by atomic mass is 19.1. The smallest absolute Gasteiger partial charge is 0.262 e. The lowest BCUT2D eigenvalue weighted by Gasteiger charge is -2.38. The molecule has 0 saturated carbocycles. The molecule has 2 aromatic rings. The molecule has 9 heteroatoms. The Bertz CT molecular complexity index is 1060. The molecule has 4 rings (SSSR count). The maximum atomic E-state index is 14.7. The van der Waals surface area contributed by atoms with Gasteiger partial charge < -0.3 is 19.7 Å². The molecule has 2 aliphatic heterocycles. The number of rotatable bonds is 4. The van der Waals surface area contributed by atoms with Gasteiger partial charge in [-0.15, -0.1) is 0 Å². The standard InChI is InChI=1S/C21H19F2N3O4/c1-11-3-12(4-16-21(11)30-10-19(28)25-16)8-26-14(7-18(27)24-2)9-29-17-6-13(22)5-15(23)20(17)26/h3-6,14H,2,7-10H2,1H3,(H,25,28)/t14-/m0/s1. The predicted octanol–water partition coefficient (Wildman–Crippen LogP) is 2.99. The van der Waals surface area contributed by atoms with Crippen molar-refractivity contribution in [3.05, 3.63) is 47.0 Å². The van der Waals surface area contributed by atoms with Crippen molar-refractivity contribution in [1.29, 1.82) is 0 Å². The Morgan fingerprint density at radius 1 is 1.30 bits per heavy atom. The Balaban J connectivity index is 1.73. The molecule has 0 unspecified atom stereocenters. The van der Waals surface area contributed by atoms with Crippen LogP contribution in [0, 0.1) is 18.6 Å². The van der Waals surface area contributed by atoms with Gasteiger partial charge in [0.1, 0.15) is 29.6 Å². The van der Waals surface area contributed by atoms with E-state index >= 15 is 0 Å². The van der Waals surface area contributed by atoms with Crippen LogP contribution in [-0.2, 0) is 16.1 Å². The van der Waals surface area contributed by atoms with E-state index in [-0.39, 0.29) is 43.5 Å². The SMILES string of the molecule is C=NC(=O)C[C@H]1COc2cc(F)cc(F)c2N1Cc1cc(C)c2c(c1)NC(=O)CO2. The minimum atomic E-state index is -0.792. The fraction of sp³-hybridized carbons (Fsp3) is 0.286. The van der Waals surface area contributed by atoms with E-state index in [1.165, 1.54) is 0 Å². The Hall–Kier alpha value is -3.49. The van der Waals surface area contributed by atoms with Crippen LogP contribution in [0.1, 0.15) is 17.5 Å². The molecule has 2 aromatic carbocycles. The first-order valence-electron chi connectivity index (χ1n) is 9.30. The van der Waals surface area contributed by atoms with Gasteiger partial charge in [-0.3, -0.25) is 9.59 Å². The number of amides is 2. The molecule has 156 valence electrons. The molecular formula is C21H19F2N3O4. The summed E-state index contributed by atoms with van der Waals surface area (Å²) in [4.78, 5) is 28.6. The summed E-state index contributed by atoms with van der Waals surface area (Å²) < 4.78 is 39.4. The third kappa shape index (κ3) is 3.70. The number of nitrogens with zero attached hydrogens (tertiary/aromatic N) is 2. The summed E-state index contributed by atoms with van der Waals surface area (Å²) in [5.41, 5.74) is 2.14. The number of hydrogen-bond donors (Lipinski definition) is 1. The van der Waals surface area contributed by atoms with Crippen molar-refractivity contribution in [2.75, 3.05) is 23.4 Å². The summed E-state index contributed by atoms with van der Waals surface area (Å²) >= 11 is 0. The van der Waals surface area contributed by atoms with E-state index in [0.29, 0.717) is 11.4 Å². The molecular weight excluding hydrogens is 396 g/mol. The van der Waals surface area contributed by atoms with Crippen LogP contribution in [0.15, 0.2) is 29.3 Å². The number of fused-ring (bicyclic) bond motifs is 2. The van der Waals surface area contributed by atoms with Crippen LogP contribution in [0.25, 0.3) is 0 Å². The molecule has 2 heterocycles. The fourth-order valence-electron chi connectivity index (χ4n) is 3.78. The van der Waals surface area contributed by atoms with Crippen LogP contribution >= 0.6 is 0 Å². The fourth-order valence-corrected chi connectivity index (χ4v) is 3.78. The van der Waals surface area contributed by atoms with Gasteiger partial charge in [-0.2, -0.15) is 0 Å². The molecule has 7 nitrogen and oxygen atoms in total. The monoisotopic (exact) mass is 415 g/mol. The van der Waals surface area contributed by atoms with Crippen LogP contribution in [0.3, 0.4) is 0 Å². The molecule has 0 spiro atoms. The number of aliphatic imine (C=N–C) groups is 1. The number of aryl methyl sites for hydroxylation is 1. The molecule has 30 heavy (non-hydrogen) atoms. The van der Waals surface area contributed by atoms with E-state index in [9.17, 15) is 18.4 Å². The molecule has 0 aliphatic carbocycles. The van der Waals surface area contributed by atoms with Gasteiger partial charge in [-0.1, -0.05) is 6.07 Å². The lowest BCUT2D eigenvalue weighted by molar-refractivity contribution is -0.119. The highest BCUT2D eigenvalue weighted by molar-refractivity contribution is 5.95. The normalized spacial score (nSPS) is 17.2. The minimum Gasteiger partial charge on any atom is -0.489 e. The highest BCUT2D eigenvalue weighted by Gasteiger charge is 2.33. The second-order valence-corrected chi connectivity index (χ2v) is 7.21. The van der Waals surface area contributed by atoms with Crippen molar-refractivity contribution in [3.8, 4) is 11.5 Å². The Kier molecular flexibility index (Phi) is 5.11. The van der Waals surface area contributed by atoms with E-state index in [0.717, 1.165) is 23.3 Å². The Labute approximate surface area is 171 Å². The zero-order valence-corrected chi connectivity index (χ0v) is 16.2. The van der Waals surface area contributed by atoms with Crippen molar-refractivity contribution in [3.63, 3.8) is 0 Å². The first-order chi connectivity index (χ1) is 14.4.